The van der Waals surface area contributed by atoms with Gasteiger partial charge in [-0.1, -0.05) is 77.3 Å². The Morgan fingerprint density at radius 2 is 1.71 bits per heavy atom. The molecule has 178 valence electrons. The molecule has 0 aromatic heterocycles. The number of thioether (sulfide) groups is 1. The van der Waals surface area contributed by atoms with E-state index in [2.05, 4.69) is 5.32 Å². The van der Waals surface area contributed by atoms with E-state index in [0.717, 1.165) is 21.6 Å². The van der Waals surface area contributed by atoms with E-state index in [4.69, 9.17) is 23.2 Å². The molecule has 0 saturated carbocycles. The zero-order valence-electron chi connectivity index (χ0n) is 19.3. The molecular formula is C27H28Cl2N2O2S. The molecule has 0 bridgehead atoms. The van der Waals surface area contributed by atoms with E-state index in [1.807, 2.05) is 68.4 Å². The van der Waals surface area contributed by atoms with Crippen LogP contribution in [0, 0.1) is 6.92 Å². The third-order valence-corrected chi connectivity index (χ3v) is 6.94. The van der Waals surface area contributed by atoms with Crippen molar-refractivity contribution in [3.05, 3.63) is 99.5 Å². The molecule has 3 aromatic rings. The zero-order valence-corrected chi connectivity index (χ0v) is 21.6. The second-order valence-corrected chi connectivity index (χ2v) is 9.85. The lowest BCUT2D eigenvalue weighted by Gasteiger charge is -2.31. The molecule has 0 aliphatic carbocycles. The van der Waals surface area contributed by atoms with Gasteiger partial charge < -0.3 is 10.2 Å². The van der Waals surface area contributed by atoms with Crippen LogP contribution in [0.5, 0.6) is 0 Å². The quantitative estimate of drug-likeness (QED) is 0.329. The number of halogens is 2. The van der Waals surface area contributed by atoms with Crippen LogP contribution in [0.1, 0.15) is 23.6 Å². The van der Waals surface area contributed by atoms with Gasteiger partial charge in [0.25, 0.3) is 0 Å². The molecule has 3 rings (SSSR count). The van der Waals surface area contributed by atoms with Gasteiger partial charge in [0.2, 0.25) is 11.8 Å². The molecule has 0 radical (unpaired) electrons. The van der Waals surface area contributed by atoms with Gasteiger partial charge in [0.15, 0.2) is 0 Å². The van der Waals surface area contributed by atoms with Gasteiger partial charge in [-0.3, -0.25) is 9.59 Å². The van der Waals surface area contributed by atoms with Crippen molar-refractivity contribution in [3.8, 4) is 0 Å². The number of amides is 2. The van der Waals surface area contributed by atoms with E-state index in [9.17, 15) is 9.59 Å². The number of carbonyl (C=O) groups is 2. The fourth-order valence-electron chi connectivity index (χ4n) is 3.54. The van der Waals surface area contributed by atoms with Crippen LogP contribution in [0.4, 0.5) is 0 Å². The Labute approximate surface area is 215 Å². The summed E-state index contributed by atoms with van der Waals surface area (Å²) in [5.41, 5.74) is 2.88. The van der Waals surface area contributed by atoms with Crippen LogP contribution < -0.4 is 5.32 Å². The van der Waals surface area contributed by atoms with E-state index in [1.165, 1.54) is 11.8 Å². The smallest absolute Gasteiger partial charge is 0.243 e. The van der Waals surface area contributed by atoms with Gasteiger partial charge in [0.05, 0.1) is 5.75 Å². The first-order valence-corrected chi connectivity index (χ1v) is 12.9. The van der Waals surface area contributed by atoms with Crippen LogP contribution in [0.15, 0.2) is 77.7 Å². The van der Waals surface area contributed by atoms with Crippen molar-refractivity contribution >= 4 is 46.8 Å². The number of hydrogen-bond donors (Lipinski definition) is 1. The maximum atomic E-state index is 13.6. The van der Waals surface area contributed by atoms with E-state index in [-0.39, 0.29) is 24.1 Å². The minimum absolute atomic E-state index is 0.135. The van der Waals surface area contributed by atoms with Crippen molar-refractivity contribution in [2.45, 2.75) is 37.8 Å². The molecule has 4 nitrogen and oxygen atoms in total. The highest BCUT2D eigenvalue weighted by molar-refractivity contribution is 8.00. The lowest BCUT2D eigenvalue weighted by molar-refractivity contribution is -0.139. The summed E-state index contributed by atoms with van der Waals surface area (Å²) in [5, 5.41) is 3.88. The Hall–Kier alpha value is -2.47. The van der Waals surface area contributed by atoms with Crippen molar-refractivity contribution in [2.24, 2.45) is 0 Å². The summed E-state index contributed by atoms with van der Waals surface area (Å²) in [4.78, 5) is 29.4. The standard InChI is InChI=1S/C27H28Cl2N2O2S/c1-3-30-27(33)25(15-20-7-5-4-6-8-20)31(17-21-11-12-22(28)16-24(21)29)26(32)18-34-23-13-9-19(2)10-14-23/h4-14,16,25H,3,15,17-18H2,1-2H3,(H,30,33). The number of carbonyl (C=O) groups excluding carboxylic acids is 2. The second kappa shape index (κ2) is 12.8. The SMILES string of the molecule is CCNC(=O)C(Cc1ccccc1)N(Cc1ccc(Cl)cc1Cl)C(=O)CSc1ccc(C)cc1. The first kappa shape index (κ1) is 26.1. The fourth-order valence-corrected chi connectivity index (χ4v) is 4.79. The lowest BCUT2D eigenvalue weighted by Crippen LogP contribution is -2.51. The first-order valence-electron chi connectivity index (χ1n) is 11.1. The molecule has 0 spiro atoms. The molecule has 1 N–H and O–H groups in total. The lowest BCUT2D eigenvalue weighted by atomic mass is 10.0. The van der Waals surface area contributed by atoms with Crippen molar-refractivity contribution in [2.75, 3.05) is 12.3 Å². The number of benzene rings is 3. The molecule has 7 heteroatoms. The highest BCUT2D eigenvalue weighted by Crippen LogP contribution is 2.25. The molecule has 0 aliphatic heterocycles. The van der Waals surface area contributed by atoms with Crippen molar-refractivity contribution in [3.63, 3.8) is 0 Å². The Morgan fingerprint density at radius 1 is 1.00 bits per heavy atom. The summed E-state index contributed by atoms with van der Waals surface area (Å²) in [6.07, 6.45) is 0.402. The summed E-state index contributed by atoms with van der Waals surface area (Å²) >= 11 is 14.0. The number of rotatable bonds is 10. The zero-order chi connectivity index (χ0) is 24.5. The van der Waals surface area contributed by atoms with Gasteiger partial charge in [0.1, 0.15) is 6.04 Å². The number of nitrogens with zero attached hydrogens (tertiary/aromatic N) is 1. The predicted octanol–water partition coefficient (Wildman–Crippen LogP) is 6.17. The van der Waals surface area contributed by atoms with Gasteiger partial charge in [-0.15, -0.1) is 11.8 Å². The molecule has 3 aromatic carbocycles. The topological polar surface area (TPSA) is 49.4 Å². The maximum absolute atomic E-state index is 13.6. The molecule has 0 aliphatic rings. The van der Waals surface area contributed by atoms with Crippen molar-refractivity contribution in [1.82, 2.24) is 10.2 Å². The summed E-state index contributed by atoms with van der Waals surface area (Å²) in [5.74, 6) is -0.118. The van der Waals surface area contributed by atoms with Crippen LogP contribution in [0.3, 0.4) is 0 Å². The van der Waals surface area contributed by atoms with E-state index >= 15 is 0 Å². The van der Waals surface area contributed by atoms with Gasteiger partial charge in [0, 0.05) is 34.5 Å². The molecular weight excluding hydrogens is 487 g/mol. The average molecular weight is 516 g/mol. The molecule has 2 amide bonds. The monoisotopic (exact) mass is 514 g/mol. The number of hydrogen-bond acceptors (Lipinski definition) is 3. The third kappa shape index (κ3) is 7.52. The molecule has 0 fully saturated rings. The summed E-state index contributed by atoms with van der Waals surface area (Å²) in [6.45, 7) is 4.58. The molecule has 1 unspecified atom stereocenters. The van der Waals surface area contributed by atoms with Gasteiger partial charge in [-0.05, 0) is 49.2 Å². The highest BCUT2D eigenvalue weighted by atomic mass is 35.5. The van der Waals surface area contributed by atoms with Crippen molar-refractivity contribution < 1.29 is 9.59 Å². The Morgan fingerprint density at radius 3 is 2.35 bits per heavy atom. The van der Waals surface area contributed by atoms with Crippen LogP contribution in [0.2, 0.25) is 10.0 Å². The maximum Gasteiger partial charge on any atom is 0.243 e. The Balaban J connectivity index is 1.91. The predicted molar refractivity (Wildman–Crippen MR) is 142 cm³/mol. The molecule has 1 atom stereocenters. The second-order valence-electron chi connectivity index (χ2n) is 7.96. The minimum atomic E-state index is -0.680. The average Bonchev–Trinajstić information content (AvgIpc) is 2.82. The van der Waals surface area contributed by atoms with Crippen LogP contribution in [0.25, 0.3) is 0 Å². The Bertz CT molecular complexity index is 1110. The summed E-state index contributed by atoms with van der Waals surface area (Å²) < 4.78 is 0. The van der Waals surface area contributed by atoms with Crippen LogP contribution >= 0.6 is 35.0 Å². The summed E-state index contributed by atoms with van der Waals surface area (Å²) in [7, 11) is 0. The molecule has 0 saturated heterocycles. The van der Waals surface area contributed by atoms with Crippen LogP contribution in [-0.4, -0.2) is 35.1 Å². The third-order valence-electron chi connectivity index (χ3n) is 5.36. The van der Waals surface area contributed by atoms with Gasteiger partial charge in [-0.2, -0.15) is 0 Å². The number of nitrogens with one attached hydrogen (secondary N) is 1. The molecule has 0 heterocycles. The number of likely N-dealkylation sites (N-methyl/N-ethyl adjacent to an activating group) is 1. The largest absolute Gasteiger partial charge is 0.355 e. The normalized spacial score (nSPS) is 11.6. The fraction of sp³-hybridized carbons (Fsp3) is 0.259. The van der Waals surface area contributed by atoms with Crippen molar-refractivity contribution in [1.29, 1.82) is 0 Å². The summed E-state index contributed by atoms with van der Waals surface area (Å²) in [6, 6.07) is 22.3. The van der Waals surface area contributed by atoms with Crippen LogP contribution in [-0.2, 0) is 22.6 Å². The minimum Gasteiger partial charge on any atom is -0.355 e. The Kier molecular flexibility index (Phi) is 9.87. The molecule has 34 heavy (non-hydrogen) atoms. The van der Waals surface area contributed by atoms with Gasteiger partial charge in [-0.25, -0.2) is 0 Å². The van der Waals surface area contributed by atoms with E-state index in [1.54, 1.807) is 23.1 Å². The first-order chi connectivity index (χ1) is 16.4. The van der Waals surface area contributed by atoms with Gasteiger partial charge >= 0.3 is 0 Å². The van der Waals surface area contributed by atoms with E-state index < -0.39 is 6.04 Å². The number of aryl methyl sites for hydroxylation is 1. The van der Waals surface area contributed by atoms with E-state index in [0.29, 0.717) is 23.0 Å². The highest BCUT2D eigenvalue weighted by Gasteiger charge is 2.30.